The number of rotatable bonds is 6. The lowest BCUT2D eigenvalue weighted by Crippen LogP contribution is -2.38. The minimum Gasteiger partial charge on any atom is -0.480 e. The van der Waals surface area contributed by atoms with Crippen molar-refractivity contribution in [1.29, 1.82) is 0 Å². The van der Waals surface area contributed by atoms with Gasteiger partial charge in [-0.05, 0) is 59.4 Å². The Balaban J connectivity index is 2.11. The van der Waals surface area contributed by atoms with E-state index in [-0.39, 0.29) is 6.04 Å². The molecule has 0 aromatic heterocycles. The van der Waals surface area contributed by atoms with E-state index in [1.54, 1.807) is 6.92 Å². The van der Waals surface area contributed by atoms with Crippen LogP contribution in [0.5, 0.6) is 0 Å². The molecule has 1 atom stereocenters. The third kappa shape index (κ3) is 4.49. The second-order valence-corrected chi connectivity index (χ2v) is 4.75. The molecule has 1 saturated heterocycles. The van der Waals surface area contributed by atoms with Crippen LogP contribution in [0.4, 0.5) is 0 Å². The van der Waals surface area contributed by atoms with E-state index in [0.717, 1.165) is 19.5 Å². The van der Waals surface area contributed by atoms with Gasteiger partial charge in [0.15, 0.2) is 0 Å². The van der Waals surface area contributed by atoms with Gasteiger partial charge in [-0.2, -0.15) is 0 Å². The Hall–Kier alpha value is -0.610. The summed E-state index contributed by atoms with van der Waals surface area (Å²) >= 11 is 0. The minimum atomic E-state index is -0.736. The largest absolute Gasteiger partial charge is 0.480 e. The zero-order valence-corrected chi connectivity index (χ0v) is 10.5. The summed E-state index contributed by atoms with van der Waals surface area (Å²) in [6.45, 7) is 6.15. The molecule has 4 heteroatoms. The van der Waals surface area contributed by atoms with E-state index >= 15 is 0 Å². The molecular formula is C12H24N2O2. The van der Waals surface area contributed by atoms with E-state index in [1.165, 1.54) is 32.4 Å². The zero-order chi connectivity index (χ0) is 12.0. The molecule has 0 aromatic rings. The number of piperidine rings is 1. The van der Waals surface area contributed by atoms with Gasteiger partial charge in [-0.15, -0.1) is 0 Å². The Morgan fingerprint density at radius 2 is 2.00 bits per heavy atom. The molecule has 4 nitrogen and oxygen atoms in total. The van der Waals surface area contributed by atoms with Crippen LogP contribution in [0.1, 0.15) is 32.6 Å². The molecule has 1 aliphatic rings. The lowest BCUT2D eigenvalue weighted by molar-refractivity contribution is -0.142. The first kappa shape index (κ1) is 13.5. The van der Waals surface area contributed by atoms with E-state index in [0.29, 0.717) is 0 Å². The van der Waals surface area contributed by atoms with Crippen LogP contribution in [0, 0.1) is 0 Å². The van der Waals surface area contributed by atoms with Gasteiger partial charge in [0, 0.05) is 0 Å². The van der Waals surface area contributed by atoms with Crippen molar-refractivity contribution in [3.8, 4) is 0 Å². The zero-order valence-electron chi connectivity index (χ0n) is 10.5. The number of aliphatic carboxylic acids is 1. The summed E-state index contributed by atoms with van der Waals surface area (Å²) in [7, 11) is 1.88. The van der Waals surface area contributed by atoms with Crippen LogP contribution in [0.15, 0.2) is 0 Å². The highest BCUT2D eigenvalue weighted by molar-refractivity contribution is 5.72. The number of hydrogen-bond acceptors (Lipinski definition) is 3. The highest BCUT2D eigenvalue weighted by Gasteiger charge is 2.16. The monoisotopic (exact) mass is 228 g/mol. The first-order valence-corrected chi connectivity index (χ1v) is 6.26. The Bertz CT molecular complexity index is 215. The average Bonchev–Trinajstić information content (AvgIpc) is 2.29. The van der Waals surface area contributed by atoms with Crippen LogP contribution in [-0.2, 0) is 4.79 Å². The molecule has 0 aromatic carbocycles. The Labute approximate surface area is 98.2 Å². The molecule has 0 amide bonds. The third-order valence-electron chi connectivity index (χ3n) is 3.45. The first-order valence-electron chi connectivity index (χ1n) is 6.26. The van der Waals surface area contributed by atoms with Crippen molar-refractivity contribution in [2.45, 2.75) is 38.6 Å². The van der Waals surface area contributed by atoms with Crippen LogP contribution in [0.25, 0.3) is 0 Å². The molecule has 1 rings (SSSR count). The van der Waals surface area contributed by atoms with Crippen molar-refractivity contribution in [2.75, 3.05) is 33.2 Å². The van der Waals surface area contributed by atoms with Gasteiger partial charge in [0.05, 0.1) is 0 Å². The molecule has 0 aliphatic carbocycles. The fourth-order valence-corrected chi connectivity index (χ4v) is 2.11. The van der Waals surface area contributed by atoms with Gasteiger partial charge in [0.2, 0.25) is 0 Å². The van der Waals surface area contributed by atoms with Crippen LogP contribution >= 0.6 is 0 Å². The van der Waals surface area contributed by atoms with Gasteiger partial charge >= 0.3 is 5.97 Å². The number of hydrogen-bond donors (Lipinski definition) is 1. The molecular weight excluding hydrogens is 204 g/mol. The van der Waals surface area contributed by atoms with Gasteiger partial charge in [0.1, 0.15) is 6.04 Å². The molecule has 1 fully saturated rings. The van der Waals surface area contributed by atoms with Crippen LogP contribution in [-0.4, -0.2) is 60.1 Å². The lowest BCUT2D eigenvalue weighted by atomic mass is 10.1. The van der Waals surface area contributed by atoms with Crippen molar-refractivity contribution in [3.05, 3.63) is 0 Å². The maximum atomic E-state index is 10.8. The van der Waals surface area contributed by atoms with Crippen molar-refractivity contribution >= 4 is 5.97 Å². The van der Waals surface area contributed by atoms with E-state index < -0.39 is 5.97 Å². The minimum absolute atomic E-state index is 0.374. The van der Waals surface area contributed by atoms with Crippen molar-refractivity contribution in [3.63, 3.8) is 0 Å². The van der Waals surface area contributed by atoms with Gasteiger partial charge in [-0.25, -0.2) is 0 Å². The summed E-state index contributed by atoms with van der Waals surface area (Å²) in [6.07, 6.45) is 5.07. The number of likely N-dealkylation sites (tertiary alicyclic amines) is 1. The highest BCUT2D eigenvalue weighted by Crippen LogP contribution is 2.09. The van der Waals surface area contributed by atoms with Crippen molar-refractivity contribution in [2.24, 2.45) is 0 Å². The predicted molar refractivity (Wildman–Crippen MR) is 64.6 cm³/mol. The quantitative estimate of drug-likeness (QED) is 0.743. The van der Waals surface area contributed by atoms with E-state index in [2.05, 4.69) is 4.90 Å². The molecule has 0 radical (unpaired) electrons. The topological polar surface area (TPSA) is 43.8 Å². The number of likely N-dealkylation sites (N-methyl/N-ethyl adjacent to an activating group) is 1. The molecule has 1 heterocycles. The predicted octanol–water partition coefficient (Wildman–Crippen LogP) is 1.27. The van der Waals surface area contributed by atoms with Gasteiger partial charge < -0.3 is 10.0 Å². The maximum Gasteiger partial charge on any atom is 0.320 e. The Morgan fingerprint density at radius 3 is 2.56 bits per heavy atom. The molecule has 0 spiro atoms. The van der Waals surface area contributed by atoms with E-state index in [4.69, 9.17) is 5.11 Å². The molecule has 0 saturated carbocycles. The summed E-state index contributed by atoms with van der Waals surface area (Å²) in [5, 5.41) is 8.85. The first-order chi connectivity index (χ1) is 7.61. The van der Waals surface area contributed by atoms with Crippen LogP contribution < -0.4 is 0 Å². The summed E-state index contributed by atoms with van der Waals surface area (Å²) in [5.41, 5.74) is 0. The summed E-state index contributed by atoms with van der Waals surface area (Å²) in [6, 6.07) is -0.374. The smallest absolute Gasteiger partial charge is 0.320 e. The van der Waals surface area contributed by atoms with Crippen LogP contribution in [0.2, 0.25) is 0 Å². The second-order valence-electron chi connectivity index (χ2n) is 4.75. The average molecular weight is 228 g/mol. The van der Waals surface area contributed by atoms with E-state index in [1.807, 2.05) is 11.9 Å². The lowest BCUT2D eigenvalue weighted by Gasteiger charge is -2.28. The van der Waals surface area contributed by atoms with Gasteiger partial charge in [0.25, 0.3) is 0 Å². The SMILES string of the molecule is CC(C(=O)O)N(C)CCCN1CCCCC1. The molecule has 0 bridgehead atoms. The van der Waals surface area contributed by atoms with Crippen LogP contribution in [0.3, 0.4) is 0 Å². The third-order valence-corrected chi connectivity index (χ3v) is 3.45. The highest BCUT2D eigenvalue weighted by atomic mass is 16.4. The fraction of sp³-hybridized carbons (Fsp3) is 0.917. The molecule has 94 valence electrons. The fourth-order valence-electron chi connectivity index (χ4n) is 2.11. The molecule has 16 heavy (non-hydrogen) atoms. The second kappa shape index (κ2) is 6.86. The molecule has 1 unspecified atom stereocenters. The number of carbonyl (C=O) groups is 1. The standard InChI is InChI=1S/C12H24N2O2/c1-11(12(15)16)13(2)7-6-10-14-8-4-3-5-9-14/h11H,3-10H2,1-2H3,(H,15,16). The number of nitrogens with zero attached hydrogens (tertiary/aromatic N) is 2. The summed E-state index contributed by atoms with van der Waals surface area (Å²) in [5.74, 6) is -0.736. The normalized spacial score (nSPS) is 19.9. The van der Waals surface area contributed by atoms with Crippen molar-refractivity contribution < 1.29 is 9.90 Å². The number of carboxylic acids is 1. The Morgan fingerprint density at radius 1 is 1.38 bits per heavy atom. The summed E-state index contributed by atoms with van der Waals surface area (Å²) < 4.78 is 0. The van der Waals surface area contributed by atoms with Crippen molar-refractivity contribution in [1.82, 2.24) is 9.80 Å². The molecule has 1 aliphatic heterocycles. The van der Waals surface area contributed by atoms with Gasteiger partial charge in [-0.3, -0.25) is 9.69 Å². The molecule has 1 N–H and O–H groups in total. The Kier molecular flexibility index (Phi) is 5.77. The number of carboxylic acid groups (broad SMARTS) is 1. The summed E-state index contributed by atoms with van der Waals surface area (Å²) in [4.78, 5) is 15.2. The van der Waals surface area contributed by atoms with E-state index in [9.17, 15) is 4.79 Å². The maximum absolute atomic E-state index is 10.8. The van der Waals surface area contributed by atoms with Gasteiger partial charge in [-0.1, -0.05) is 6.42 Å².